The Morgan fingerprint density at radius 1 is 1.17 bits per heavy atom. The largest absolute Gasteiger partial charge is 0.384 e. The molecule has 7 nitrogen and oxygen atoms in total. The van der Waals surface area contributed by atoms with Gasteiger partial charge in [-0.3, -0.25) is 14.3 Å². The van der Waals surface area contributed by atoms with E-state index in [1.54, 1.807) is 29.9 Å². The average Bonchev–Trinajstić information content (AvgIpc) is 3.28. The molecule has 0 radical (unpaired) electrons. The molecule has 0 bridgehead atoms. The first-order valence-corrected chi connectivity index (χ1v) is 7.30. The number of hydrogen-bond donors (Lipinski definition) is 0. The van der Waals surface area contributed by atoms with E-state index < -0.39 is 17.8 Å². The molecule has 23 heavy (non-hydrogen) atoms. The number of aryl methyl sites for hydroxylation is 1. The molecule has 2 aliphatic rings. The molecule has 0 spiro atoms. The Labute approximate surface area is 131 Å². The summed E-state index contributed by atoms with van der Waals surface area (Å²) in [7, 11) is 1.76. The first-order chi connectivity index (χ1) is 11.1. The fourth-order valence-electron chi connectivity index (χ4n) is 2.72. The number of carbonyl (C=O) groups excluding carboxylic acids is 3. The van der Waals surface area contributed by atoms with Gasteiger partial charge < -0.3 is 4.84 Å². The van der Waals surface area contributed by atoms with Crippen LogP contribution >= 0.6 is 0 Å². The molecule has 1 aliphatic carbocycles. The van der Waals surface area contributed by atoms with Gasteiger partial charge in [-0.1, -0.05) is 17.2 Å². The highest BCUT2D eigenvalue weighted by molar-refractivity contribution is 6.21. The van der Waals surface area contributed by atoms with Gasteiger partial charge in [0.25, 0.3) is 11.8 Å². The highest BCUT2D eigenvalue weighted by Gasteiger charge is 2.39. The molecule has 1 saturated carbocycles. The summed E-state index contributed by atoms with van der Waals surface area (Å²) in [6, 6.07) is 7.99. The third-order valence-electron chi connectivity index (χ3n) is 4.05. The van der Waals surface area contributed by atoms with Crippen LogP contribution in [-0.2, 0) is 11.9 Å². The summed E-state index contributed by atoms with van der Waals surface area (Å²) in [6.45, 7) is 0. The first-order valence-electron chi connectivity index (χ1n) is 7.30. The van der Waals surface area contributed by atoms with Gasteiger partial charge in [-0.05, 0) is 31.0 Å². The van der Waals surface area contributed by atoms with Crippen molar-refractivity contribution in [1.29, 1.82) is 0 Å². The van der Waals surface area contributed by atoms with Gasteiger partial charge in [-0.2, -0.15) is 5.10 Å². The van der Waals surface area contributed by atoms with Crippen molar-refractivity contribution in [3.05, 3.63) is 52.8 Å². The number of nitrogens with zero attached hydrogens (tertiary/aromatic N) is 3. The Morgan fingerprint density at radius 3 is 2.35 bits per heavy atom. The van der Waals surface area contributed by atoms with E-state index in [4.69, 9.17) is 4.84 Å². The van der Waals surface area contributed by atoms with E-state index in [1.165, 1.54) is 12.1 Å². The quantitative estimate of drug-likeness (QED) is 0.805. The predicted molar refractivity (Wildman–Crippen MR) is 77.5 cm³/mol. The number of amides is 2. The highest BCUT2D eigenvalue weighted by atomic mass is 16.7. The molecule has 2 amide bonds. The molecule has 0 N–H and O–H groups in total. The number of hydrogen-bond acceptors (Lipinski definition) is 5. The van der Waals surface area contributed by atoms with Crippen molar-refractivity contribution in [2.24, 2.45) is 7.05 Å². The lowest BCUT2D eigenvalue weighted by molar-refractivity contribution is -0.0588. The van der Waals surface area contributed by atoms with Gasteiger partial charge >= 0.3 is 5.97 Å². The lowest BCUT2D eigenvalue weighted by atomic mass is 10.1. The molecule has 1 fully saturated rings. The molecule has 7 heteroatoms. The molecule has 116 valence electrons. The SMILES string of the molecule is Cn1nc(C(=O)ON2C(=O)c3ccccc3C2=O)cc1C1CC1. The van der Waals surface area contributed by atoms with E-state index in [9.17, 15) is 14.4 Å². The van der Waals surface area contributed by atoms with E-state index in [0.29, 0.717) is 11.0 Å². The smallest absolute Gasteiger partial charge is 0.322 e. The molecule has 1 aromatic carbocycles. The van der Waals surface area contributed by atoms with E-state index >= 15 is 0 Å². The minimum atomic E-state index is -0.818. The van der Waals surface area contributed by atoms with Crippen LogP contribution in [-0.4, -0.2) is 32.6 Å². The fourth-order valence-corrected chi connectivity index (χ4v) is 2.72. The Hall–Kier alpha value is -2.96. The number of imide groups is 1. The van der Waals surface area contributed by atoms with Crippen LogP contribution in [0.3, 0.4) is 0 Å². The van der Waals surface area contributed by atoms with E-state index in [2.05, 4.69) is 5.10 Å². The van der Waals surface area contributed by atoms with Crippen molar-refractivity contribution in [2.45, 2.75) is 18.8 Å². The van der Waals surface area contributed by atoms with Gasteiger partial charge in [-0.15, -0.1) is 0 Å². The monoisotopic (exact) mass is 311 g/mol. The summed E-state index contributed by atoms with van der Waals surface area (Å²) in [5.41, 5.74) is 1.50. The molecular formula is C16H13N3O4. The number of rotatable bonds is 3. The van der Waals surface area contributed by atoms with Gasteiger partial charge in [0, 0.05) is 18.7 Å². The minimum absolute atomic E-state index is 0.0888. The second kappa shape index (κ2) is 4.77. The van der Waals surface area contributed by atoms with Crippen molar-refractivity contribution in [1.82, 2.24) is 14.8 Å². The van der Waals surface area contributed by atoms with Gasteiger partial charge in [0.1, 0.15) is 0 Å². The zero-order valence-electron chi connectivity index (χ0n) is 12.4. The van der Waals surface area contributed by atoms with Gasteiger partial charge in [0.15, 0.2) is 5.69 Å². The van der Waals surface area contributed by atoms with Crippen molar-refractivity contribution < 1.29 is 19.2 Å². The molecule has 1 aliphatic heterocycles. The van der Waals surface area contributed by atoms with Crippen LogP contribution in [0.5, 0.6) is 0 Å². The third kappa shape index (κ3) is 2.12. The van der Waals surface area contributed by atoms with Crippen LogP contribution < -0.4 is 0 Å². The molecular weight excluding hydrogens is 298 g/mol. The molecule has 2 heterocycles. The predicted octanol–water partition coefficient (Wildman–Crippen LogP) is 1.67. The second-order valence-electron chi connectivity index (χ2n) is 5.68. The van der Waals surface area contributed by atoms with Crippen LogP contribution in [0, 0.1) is 0 Å². The Morgan fingerprint density at radius 2 is 1.78 bits per heavy atom. The van der Waals surface area contributed by atoms with Crippen molar-refractivity contribution in [2.75, 3.05) is 0 Å². The van der Waals surface area contributed by atoms with E-state index in [0.717, 1.165) is 18.5 Å². The topological polar surface area (TPSA) is 81.5 Å². The lowest BCUT2D eigenvalue weighted by Gasteiger charge is -2.11. The van der Waals surface area contributed by atoms with Gasteiger partial charge in [0.05, 0.1) is 11.1 Å². The molecule has 0 saturated heterocycles. The van der Waals surface area contributed by atoms with Crippen LogP contribution in [0.1, 0.15) is 55.7 Å². The summed E-state index contributed by atoms with van der Waals surface area (Å²) in [4.78, 5) is 41.5. The highest BCUT2D eigenvalue weighted by Crippen LogP contribution is 2.40. The molecule has 0 atom stereocenters. The Bertz CT molecular complexity index is 816. The maximum Gasteiger partial charge on any atom is 0.384 e. The Balaban J connectivity index is 1.57. The molecule has 2 aromatic rings. The van der Waals surface area contributed by atoms with Crippen LogP contribution in [0.15, 0.2) is 30.3 Å². The molecule has 1 aromatic heterocycles. The van der Waals surface area contributed by atoms with Crippen molar-refractivity contribution >= 4 is 17.8 Å². The number of aromatic nitrogens is 2. The maximum atomic E-state index is 12.2. The van der Waals surface area contributed by atoms with Crippen LogP contribution in [0.25, 0.3) is 0 Å². The number of fused-ring (bicyclic) bond motifs is 1. The summed E-state index contributed by atoms with van der Waals surface area (Å²) in [6.07, 6.45) is 2.15. The zero-order valence-corrected chi connectivity index (χ0v) is 12.4. The first kappa shape index (κ1) is 13.7. The summed E-state index contributed by atoms with van der Waals surface area (Å²) >= 11 is 0. The normalized spacial score (nSPS) is 16.7. The van der Waals surface area contributed by atoms with Gasteiger partial charge in [0.2, 0.25) is 0 Å². The standard InChI is InChI=1S/C16H13N3O4/c1-18-13(9-6-7-9)8-12(17-18)16(22)23-19-14(20)10-4-2-3-5-11(10)15(19)21/h2-5,8-9H,6-7H2,1H3. The Kier molecular flexibility index (Phi) is 2.84. The van der Waals surface area contributed by atoms with Crippen LogP contribution in [0.2, 0.25) is 0 Å². The average molecular weight is 311 g/mol. The minimum Gasteiger partial charge on any atom is -0.322 e. The van der Waals surface area contributed by atoms with Crippen LogP contribution in [0.4, 0.5) is 0 Å². The second-order valence-corrected chi connectivity index (χ2v) is 5.68. The zero-order chi connectivity index (χ0) is 16.1. The van der Waals surface area contributed by atoms with E-state index in [-0.39, 0.29) is 16.8 Å². The van der Waals surface area contributed by atoms with E-state index in [1.807, 2.05) is 0 Å². The molecule has 4 rings (SSSR count). The molecule has 0 unspecified atom stereocenters. The summed E-state index contributed by atoms with van der Waals surface area (Å²) < 4.78 is 1.64. The maximum absolute atomic E-state index is 12.2. The number of carbonyl (C=O) groups is 3. The summed E-state index contributed by atoms with van der Waals surface area (Å²) in [5, 5.41) is 4.60. The third-order valence-corrected chi connectivity index (χ3v) is 4.05. The number of benzene rings is 1. The van der Waals surface area contributed by atoms with Crippen molar-refractivity contribution in [3.63, 3.8) is 0 Å². The summed E-state index contributed by atoms with van der Waals surface area (Å²) in [5.74, 6) is -1.68. The van der Waals surface area contributed by atoms with Gasteiger partial charge in [-0.25, -0.2) is 4.79 Å². The lowest BCUT2D eigenvalue weighted by Crippen LogP contribution is -2.32. The fraction of sp³-hybridized carbons (Fsp3) is 0.250. The van der Waals surface area contributed by atoms with Crippen molar-refractivity contribution in [3.8, 4) is 0 Å². The number of hydroxylamine groups is 2.